The molecule has 0 spiro atoms. The van der Waals surface area contributed by atoms with Crippen LogP contribution in [0.4, 0.5) is 0 Å². The minimum absolute atomic E-state index is 0.0273. The summed E-state index contributed by atoms with van der Waals surface area (Å²) < 4.78 is 5.54. The molecule has 5 aliphatic carbocycles. The summed E-state index contributed by atoms with van der Waals surface area (Å²) in [4.78, 5) is 27.5. The molecule has 9 unspecified atom stereocenters. The van der Waals surface area contributed by atoms with E-state index in [1.807, 2.05) is 6.07 Å². The normalized spacial score (nSPS) is 45.7. The van der Waals surface area contributed by atoms with Crippen molar-refractivity contribution in [1.82, 2.24) is 0 Å². The predicted molar refractivity (Wildman–Crippen MR) is 166 cm³/mol. The molecule has 3 heteroatoms. The zero-order chi connectivity index (χ0) is 29.6. The third kappa shape index (κ3) is 3.75. The van der Waals surface area contributed by atoms with Crippen LogP contribution in [-0.2, 0) is 14.3 Å². The zero-order valence-electron chi connectivity index (χ0n) is 26.6. The van der Waals surface area contributed by atoms with E-state index in [1.165, 1.54) is 24.8 Å². The molecule has 41 heavy (non-hydrogen) atoms. The van der Waals surface area contributed by atoms with Gasteiger partial charge in [0, 0.05) is 5.41 Å². The van der Waals surface area contributed by atoms with Gasteiger partial charge in [0.1, 0.15) is 0 Å². The van der Waals surface area contributed by atoms with E-state index >= 15 is 0 Å². The minimum atomic E-state index is -0.365. The molecule has 1 aromatic carbocycles. The van der Waals surface area contributed by atoms with Gasteiger partial charge in [-0.15, -0.1) is 0 Å². The summed E-state index contributed by atoms with van der Waals surface area (Å²) in [5.74, 6) is 2.55. The Kier molecular flexibility index (Phi) is 6.65. The number of rotatable bonds is 3. The summed E-state index contributed by atoms with van der Waals surface area (Å²) >= 11 is 0. The number of ketones is 1. The molecule has 0 heterocycles. The molecular formula is C38H52O3. The van der Waals surface area contributed by atoms with E-state index in [2.05, 4.69) is 78.5 Å². The van der Waals surface area contributed by atoms with Gasteiger partial charge in [0.05, 0.1) is 12.5 Å². The lowest BCUT2D eigenvalue weighted by Gasteiger charge is -2.72. The second kappa shape index (κ2) is 9.42. The standard InChI is InChI=1S/C38H52O3/c1-24(2)27-16-19-38(33(40)41-8)21-20-36(6)28(31(27)38)14-15-30-35(5)23-26(22-25-12-10-9-11-13-25)32(39)34(3,4)29(35)17-18-37(30,36)7/h9-13,22,27-31H,1,14-21,23H2,2-8H3/b26-22+. The number of carbonyl (C=O) groups excluding carboxylic acids is 2. The number of allylic oxidation sites excluding steroid dienone is 2. The van der Waals surface area contributed by atoms with Gasteiger partial charge in [-0.3, -0.25) is 9.59 Å². The van der Waals surface area contributed by atoms with E-state index in [0.717, 1.165) is 49.7 Å². The van der Waals surface area contributed by atoms with Gasteiger partial charge in [0.15, 0.2) is 5.78 Å². The van der Waals surface area contributed by atoms with E-state index in [9.17, 15) is 9.59 Å². The highest BCUT2D eigenvalue weighted by Gasteiger charge is 2.72. The fraction of sp³-hybridized carbons (Fsp3) is 0.684. The molecule has 222 valence electrons. The molecule has 1 aromatic rings. The number of fused-ring (bicyclic) bond motifs is 7. The second-order valence-corrected chi connectivity index (χ2v) is 16.1. The summed E-state index contributed by atoms with van der Waals surface area (Å²) in [5, 5.41) is 0. The molecule has 0 amide bonds. The van der Waals surface area contributed by atoms with Crippen molar-refractivity contribution >= 4 is 17.8 Å². The topological polar surface area (TPSA) is 43.4 Å². The first-order chi connectivity index (χ1) is 19.3. The Morgan fingerprint density at radius 1 is 0.902 bits per heavy atom. The maximum atomic E-state index is 14.0. The Hall–Kier alpha value is -2.16. The number of hydrogen-bond donors (Lipinski definition) is 0. The Morgan fingerprint density at radius 2 is 1.61 bits per heavy atom. The summed E-state index contributed by atoms with van der Waals surface area (Å²) in [6, 6.07) is 10.4. The van der Waals surface area contributed by atoms with Gasteiger partial charge in [0.25, 0.3) is 0 Å². The van der Waals surface area contributed by atoms with Crippen molar-refractivity contribution in [1.29, 1.82) is 0 Å². The molecule has 5 saturated carbocycles. The lowest BCUT2D eigenvalue weighted by atomic mass is 9.32. The fourth-order valence-corrected chi connectivity index (χ4v) is 12.4. The minimum Gasteiger partial charge on any atom is -0.469 e. The maximum Gasteiger partial charge on any atom is 0.312 e. The molecule has 6 rings (SSSR count). The molecule has 0 saturated heterocycles. The van der Waals surface area contributed by atoms with Crippen molar-refractivity contribution in [2.75, 3.05) is 7.11 Å². The average Bonchev–Trinajstić information content (AvgIpc) is 3.33. The van der Waals surface area contributed by atoms with Crippen LogP contribution in [0.1, 0.15) is 105 Å². The Balaban J connectivity index is 1.42. The van der Waals surface area contributed by atoms with Crippen LogP contribution in [0.25, 0.3) is 6.08 Å². The lowest BCUT2D eigenvalue weighted by Crippen LogP contribution is -2.67. The van der Waals surface area contributed by atoms with E-state index in [4.69, 9.17) is 4.74 Å². The maximum absolute atomic E-state index is 14.0. The Labute approximate surface area is 248 Å². The molecular weight excluding hydrogens is 504 g/mol. The highest BCUT2D eigenvalue weighted by atomic mass is 16.5. The number of hydrogen-bond acceptors (Lipinski definition) is 3. The fourth-order valence-electron chi connectivity index (χ4n) is 12.4. The van der Waals surface area contributed by atoms with Crippen molar-refractivity contribution < 1.29 is 14.3 Å². The summed E-state index contributed by atoms with van der Waals surface area (Å²) in [6.07, 6.45) is 11.7. The first-order valence-electron chi connectivity index (χ1n) is 16.3. The van der Waals surface area contributed by atoms with E-state index in [1.54, 1.807) is 7.11 Å². The zero-order valence-corrected chi connectivity index (χ0v) is 26.6. The molecule has 0 aliphatic heterocycles. The van der Waals surface area contributed by atoms with Crippen molar-refractivity contribution in [2.24, 2.45) is 56.7 Å². The Bertz CT molecular complexity index is 1290. The van der Waals surface area contributed by atoms with Crippen molar-refractivity contribution in [3.8, 4) is 0 Å². The molecule has 9 atom stereocenters. The van der Waals surface area contributed by atoms with Gasteiger partial charge in [0.2, 0.25) is 0 Å². The van der Waals surface area contributed by atoms with Crippen LogP contribution in [0.15, 0.2) is 48.1 Å². The number of methoxy groups -OCH3 is 1. The molecule has 5 aliphatic rings. The third-order valence-electron chi connectivity index (χ3n) is 14.4. The second-order valence-electron chi connectivity index (χ2n) is 16.1. The Morgan fingerprint density at radius 3 is 2.27 bits per heavy atom. The molecule has 0 aromatic heterocycles. The molecule has 3 nitrogen and oxygen atoms in total. The van der Waals surface area contributed by atoms with Gasteiger partial charge in [-0.1, -0.05) is 77.1 Å². The van der Waals surface area contributed by atoms with E-state index < -0.39 is 0 Å². The number of ether oxygens (including phenoxy) is 1. The van der Waals surface area contributed by atoms with Crippen LogP contribution in [-0.4, -0.2) is 18.9 Å². The van der Waals surface area contributed by atoms with E-state index in [-0.39, 0.29) is 33.0 Å². The van der Waals surface area contributed by atoms with Crippen LogP contribution in [0.3, 0.4) is 0 Å². The lowest BCUT2D eigenvalue weighted by molar-refractivity contribution is -0.232. The van der Waals surface area contributed by atoms with Gasteiger partial charge < -0.3 is 4.74 Å². The smallest absolute Gasteiger partial charge is 0.312 e. The quantitative estimate of drug-likeness (QED) is 0.212. The summed E-state index contributed by atoms with van der Waals surface area (Å²) in [7, 11) is 1.59. The van der Waals surface area contributed by atoms with Crippen LogP contribution in [0.5, 0.6) is 0 Å². The van der Waals surface area contributed by atoms with Crippen LogP contribution in [0, 0.1) is 56.7 Å². The van der Waals surface area contributed by atoms with E-state index in [0.29, 0.717) is 35.4 Å². The van der Waals surface area contributed by atoms with Gasteiger partial charge in [-0.2, -0.15) is 0 Å². The highest BCUT2D eigenvalue weighted by molar-refractivity contribution is 6.04. The third-order valence-corrected chi connectivity index (χ3v) is 14.4. The molecule has 0 bridgehead atoms. The van der Waals surface area contributed by atoms with Gasteiger partial charge in [-0.05, 0) is 128 Å². The summed E-state index contributed by atoms with van der Waals surface area (Å²) in [6.45, 7) is 18.9. The SMILES string of the molecule is C=C(C)C1CCC2(C(=O)OC)CCC3(C)C(CCC4C5(C)C/C(=C\c6ccccc6)C(=O)C(C)(C)C5CCC43C)C12. The highest BCUT2D eigenvalue weighted by Crippen LogP contribution is 2.77. The monoisotopic (exact) mass is 556 g/mol. The van der Waals surface area contributed by atoms with Crippen LogP contribution >= 0.6 is 0 Å². The predicted octanol–water partition coefficient (Wildman–Crippen LogP) is 9.08. The number of benzene rings is 1. The van der Waals surface area contributed by atoms with Crippen molar-refractivity contribution in [3.63, 3.8) is 0 Å². The summed E-state index contributed by atoms with van der Waals surface area (Å²) in [5.41, 5.74) is 3.06. The first kappa shape index (κ1) is 28.9. The van der Waals surface area contributed by atoms with Crippen molar-refractivity contribution in [3.05, 3.63) is 53.6 Å². The number of carbonyl (C=O) groups is 2. The van der Waals surface area contributed by atoms with Gasteiger partial charge >= 0.3 is 5.97 Å². The number of Topliss-reactive ketones (excluding diaryl/α,β-unsaturated/α-hetero) is 1. The van der Waals surface area contributed by atoms with Crippen molar-refractivity contribution in [2.45, 2.75) is 99.3 Å². The molecule has 0 N–H and O–H groups in total. The van der Waals surface area contributed by atoms with Crippen LogP contribution in [0.2, 0.25) is 0 Å². The molecule has 5 fully saturated rings. The van der Waals surface area contributed by atoms with Gasteiger partial charge in [-0.25, -0.2) is 0 Å². The number of esters is 1. The van der Waals surface area contributed by atoms with Crippen LogP contribution < -0.4 is 0 Å². The first-order valence-corrected chi connectivity index (χ1v) is 16.3. The largest absolute Gasteiger partial charge is 0.469 e. The average molecular weight is 557 g/mol. The molecule has 0 radical (unpaired) electrons.